The Morgan fingerprint density at radius 2 is 1.72 bits per heavy atom. The van der Waals surface area contributed by atoms with Gasteiger partial charge in [0.15, 0.2) is 5.69 Å². The number of hydrogen-bond acceptors (Lipinski definition) is 5. The maximum Gasteiger partial charge on any atom is 0.354 e. The van der Waals surface area contributed by atoms with Crippen molar-refractivity contribution in [1.29, 1.82) is 0 Å². The van der Waals surface area contributed by atoms with Crippen LogP contribution < -0.4 is 9.64 Å². The van der Waals surface area contributed by atoms with Gasteiger partial charge in [0.05, 0.1) is 46.7 Å². The number of aromatic nitrogens is 4. The van der Waals surface area contributed by atoms with E-state index in [0.717, 1.165) is 66.4 Å². The molecule has 0 saturated heterocycles. The van der Waals surface area contributed by atoms with E-state index < -0.39 is 12.0 Å². The predicted molar refractivity (Wildman–Crippen MR) is 210 cm³/mol. The molecule has 1 amide bonds. The minimum Gasteiger partial charge on any atom is -0.494 e. The Balaban J connectivity index is 1.40. The van der Waals surface area contributed by atoms with E-state index in [0.29, 0.717) is 60.9 Å². The third kappa shape index (κ3) is 6.06. The van der Waals surface area contributed by atoms with Crippen molar-refractivity contribution in [2.24, 2.45) is 7.05 Å². The Morgan fingerprint density at radius 3 is 2.38 bits per heavy atom. The average molecular weight is 757 g/mol. The molecule has 0 spiro atoms. The molecule has 1 aliphatic rings. The molecule has 3 aromatic heterocycles. The normalized spacial score (nSPS) is 14.5. The van der Waals surface area contributed by atoms with Crippen molar-refractivity contribution in [3.05, 3.63) is 98.0 Å². The number of ether oxygens (including phenoxy) is 2. The number of amides is 1. The van der Waals surface area contributed by atoms with Crippen molar-refractivity contribution in [3.8, 4) is 16.9 Å². The summed E-state index contributed by atoms with van der Waals surface area (Å²) in [7, 11) is 3.50. The highest BCUT2D eigenvalue weighted by Crippen LogP contribution is 2.45. The largest absolute Gasteiger partial charge is 0.494 e. The molecule has 276 valence electrons. The molecule has 0 fully saturated rings. The first-order chi connectivity index (χ1) is 25.3. The third-order valence-corrected chi connectivity index (χ3v) is 11.4. The summed E-state index contributed by atoms with van der Waals surface area (Å²) >= 11 is 13.5. The van der Waals surface area contributed by atoms with Gasteiger partial charge in [-0.2, -0.15) is 5.10 Å². The molecule has 1 atom stereocenters. The summed E-state index contributed by atoms with van der Waals surface area (Å²) in [6.07, 6.45) is 1.15. The number of fused-ring (bicyclic) bond motifs is 4. The van der Waals surface area contributed by atoms with Gasteiger partial charge in [0, 0.05) is 59.9 Å². The van der Waals surface area contributed by atoms with Gasteiger partial charge >= 0.3 is 5.97 Å². The molecular weight excluding hydrogens is 713 g/mol. The summed E-state index contributed by atoms with van der Waals surface area (Å²) in [5.74, 6) is -0.634. The molecule has 0 unspecified atom stereocenters. The fourth-order valence-corrected chi connectivity index (χ4v) is 8.47. The number of carbonyl (C=O) groups excluding carboxylic acids is 1. The van der Waals surface area contributed by atoms with E-state index in [1.807, 2.05) is 94.9 Å². The third-order valence-electron chi connectivity index (χ3n) is 10.5. The van der Waals surface area contributed by atoms with E-state index in [9.17, 15) is 9.90 Å². The number of benzene rings is 3. The van der Waals surface area contributed by atoms with Crippen LogP contribution in [0.2, 0.25) is 10.0 Å². The first kappa shape index (κ1) is 36.6. The summed E-state index contributed by atoms with van der Waals surface area (Å²) in [4.78, 5) is 30.1. The van der Waals surface area contributed by atoms with Crippen molar-refractivity contribution < 1.29 is 24.2 Å². The smallest absolute Gasteiger partial charge is 0.354 e. The summed E-state index contributed by atoms with van der Waals surface area (Å²) in [6, 6.07) is 14.9. The van der Waals surface area contributed by atoms with Crippen LogP contribution in [0.25, 0.3) is 32.9 Å². The SMILES string of the molecule is COCCn1c(C(=O)O)c(N2C(=O)c3c(CCCOc4cc(C)c(Cl)c(C)c4)c4ccc(Cl)c(-c5c(C)nn(C)c5C)c4n3C[C@H]2C)c2ccccc21. The lowest BCUT2D eigenvalue weighted by Crippen LogP contribution is -2.47. The minimum absolute atomic E-state index is 0.0573. The van der Waals surface area contributed by atoms with Gasteiger partial charge < -0.3 is 23.7 Å². The molecule has 6 aromatic rings. The Labute approximate surface area is 318 Å². The molecule has 0 aliphatic carbocycles. The molecule has 1 N–H and O–H groups in total. The van der Waals surface area contributed by atoms with E-state index in [-0.39, 0.29) is 11.6 Å². The molecule has 12 heteroatoms. The van der Waals surface area contributed by atoms with E-state index in [2.05, 4.69) is 4.57 Å². The number of anilines is 1. The molecule has 7 rings (SSSR count). The molecule has 10 nitrogen and oxygen atoms in total. The zero-order chi connectivity index (χ0) is 37.9. The molecular formula is C41H43Cl2N5O5. The van der Waals surface area contributed by atoms with Gasteiger partial charge in [-0.25, -0.2) is 4.79 Å². The van der Waals surface area contributed by atoms with E-state index >= 15 is 4.79 Å². The second-order valence-corrected chi connectivity index (χ2v) is 14.7. The number of nitrogens with zero attached hydrogens (tertiary/aromatic N) is 5. The number of carboxylic acid groups (broad SMARTS) is 1. The van der Waals surface area contributed by atoms with Gasteiger partial charge in [0.1, 0.15) is 11.4 Å². The van der Waals surface area contributed by atoms with Crippen molar-refractivity contribution in [2.75, 3.05) is 25.2 Å². The fourth-order valence-electron chi connectivity index (χ4n) is 8.12. The summed E-state index contributed by atoms with van der Waals surface area (Å²) in [6.45, 7) is 11.3. The number of aromatic carboxylic acids is 1. The van der Waals surface area contributed by atoms with E-state index in [1.54, 1.807) is 16.6 Å². The van der Waals surface area contributed by atoms with Crippen molar-refractivity contribution in [1.82, 2.24) is 18.9 Å². The van der Waals surface area contributed by atoms with Crippen LogP contribution in [0.5, 0.6) is 5.75 Å². The lowest BCUT2D eigenvalue weighted by Gasteiger charge is -2.35. The van der Waals surface area contributed by atoms with Crippen LogP contribution in [-0.4, -0.2) is 62.3 Å². The Hall–Kier alpha value is -4.77. The number of methoxy groups -OCH3 is 1. The molecule has 3 aromatic carbocycles. The molecule has 53 heavy (non-hydrogen) atoms. The maximum absolute atomic E-state index is 15.3. The number of rotatable bonds is 11. The van der Waals surface area contributed by atoms with Gasteiger partial charge in [-0.05, 0) is 88.4 Å². The Morgan fingerprint density at radius 1 is 1.00 bits per heavy atom. The Bertz CT molecular complexity index is 2420. The molecule has 4 heterocycles. The maximum atomic E-state index is 15.3. The minimum atomic E-state index is -1.11. The van der Waals surface area contributed by atoms with Gasteiger partial charge in [-0.3, -0.25) is 14.4 Å². The first-order valence-corrected chi connectivity index (χ1v) is 18.5. The summed E-state index contributed by atoms with van der Waals surface area (Å²) < 4.78 is 17.3. The number of hydrogen-bond donors (Lipinski definition) is 1. The molecule has 0 radical (unpaired) electrons. The highest BCUT2D eigenvalue weighted by atomic mass is 35.5. The topological polar surface area (TPSA) is 104 Å². The quantitative estimate of drug-likeness (QED) is 0.133. The van der Waals surface area contributed by atoms with Crippen LogP contribution in [-0.2, 0) is 31.3 Å². The van der Waals surface area contributed by atoms with Crippen LogP contribution in [0.1, 0.15) is 62.4 Å². The van der Waals surface area contributed by atoms with E-state index in [4.69, 9.17) is 37.8 Å². The lowest BCUT2D eigenvalue weighted by atomic mass is 9.98. The number of halogens is 2. The second kappa shape index (κ2) is 14.2. The summed E-state index contributed by atoms with van der Waals surface area (Å²) in [5.41, 5.74) is 8.88. The molecule has 0 saturated carbocycles. The molecule has 0 bridgehead atoms. The standard InChI is InChI=1S/C41H43Cl2N5O5/c1-22-19-27(20-23(2)35(22)43)53-17-10-12-28-29-14-15-31(42)34(33-25(4)44-45(6)26(33)5)36(29)47-21-24(3)48(40(49)38(28)47)37-30-11-8-9-13-32(30)46(16-18-52-7)39(37)41(50)51/h8-9,11,13-15,19-20,24H,10,12,16-18,21H2,1-7H3,(H,50,51)/t24-/m1/s1. The molecule has 1 aliphatic heterocycles. The number of carbonyl (C=O) groups is 2. The number of para-hydroxylation sites is 1. The predicted octanol–water partition coefficient (Wildman–Crippen LogP) is 8.94. The van der Waals surface area contributed by atoms with Crippen molar-refractivity contribution in [2.45, 2.75) is 66.6 Å². The Kier molecular flexibility index (Phi) is 9.82. The van der Waals surface area contributed by atoms with Crippen LogP contribution in [0, 0.1) is 27.7 Å². The van der Waals surface area contributed by atoms with Crippen LogP contribution >= 0.6 is 23.2 Å². The number of aryl methyl sites for hydroxylation is 5. The van der Waals surface area contributed by atoms with Gasteiger partial charge in [-0.1, -0.05) is 47.5 Å². The van der Waals surface area contributed by atoms with Crippen LogP contribution in [0.15, 0.2) is 48.5 Å². The van der Waals surface area contributed by atoms with Crippen LogP contribution in [0.4, 0.5) is 5.69 Å². The fraction of sp³-hybridized carbons (Fsp3) is 0.341. The average Bonchev–Trinajstić information content (AvgIpc) is 3.70. The zero-order valence-corrected chi connectivity index (χ0v) is 32.5. The second-order valence-electron chi connectivity index (χ2n) is 13.9. The van der Waals surface area contributed by atoms with Crippen molar-refractivity contribution >= 4 is 62.6 Å². The zero-order valence-electron chi connectivity index (χ0n) is 31.0. The monoisotopic (exact) mass is 755 g/mol. The van der Waals surface area contributed by atoms with Gasteiger partial charge in [-0.15, -0.1) is 0 Å². The van der Waals surface area contributed by atoms with Crippen LogP contribution in [0.3, 0.4) is 0 Å². The highest BCUT2D eigenvalue weighted by molar-refractivity contribution is 6.35. The van der Waals surface area contributed by atoms with Crippen molar-refractivity contribution in [3.63, 3.8) is 0 Å². The summed E-state index contributed by atoms with van der Waals surface area (Å²) in [5, 5.41) is 18.3. The lowest BCUT2D eigenvalue weighted by molar-refractivity contribution is 0.0684. The first-order valence-electron chi connectivity index (χ1n) is 17.8. The number of carboxylic acids is 1. The van der Waals surface area contributed by atoms with Gasteiger partial charge in [0.2, 0.25) is 0 Å². The van der Waals surface area contributed by atoms with Gasteiger partial charge in [0.25, 0.3) is 5.91 Å². The van der Waals surface area contributed by atoms with E-state index in [1.165, 1.54) is 0 Å². The highest BCUT2D eigenvalue weighted by Gasteiger charge is 2.40.